The van der Waals surface area contributed by atoms with Gasteiger partial charge in [-0.25, -0.2) is 4.79 Å². The third kappa shape index (κ3) is 3.25. The number of benzene rings is 1. The summed E-state index contributed by atoms with van der Waals surface area (Å²) in [6.07, 6.45) is 3.03. The van der Waals surface area contributed by atoms with Gasteiger partial charge in [0.1, 0.15) is 0 Å². The van der Waals surface area contributed by atoms with Gasteiger partial charge in [0, 0.05) is 12.2 Å². The molecule has 98 valence electrons. The fraction of sp³-hybridized carbons (Fsp3) is 0.533. The van der Waals surface area contributed by atoms with E-state index in [4.69, 9.17) is 4.74 Å². The first-order valence-corrected chi connectivity index (χ1v) is 6.71. The lowest BCUT2D eigenvalue weighted by Crippen LogP contribution is -2.07. The molecule has 0 saturated heterocycles. The molecule has 0 radical (unpaired) electrons. The van der Waals surface area contributed by atoms with Crippen LogP contribution in [0.3, 0.4) is 0 Å². The van der Waals surface area contributed by atoms with E-state index in [0.717, 1.165) is 31.5 Å². The molecule has 1 aromatic rings. The van der Waals surface area contributed by atoms with Crippen LogP contribution in [0.1, 0.15) is 42.6 Å². The monoisotopic (exact) mass is 247 g/mol. The van der Waals surface area contributed by atoms with Gasteiger partial charge in [0.2, 0.25) is 0 Å². The third-order valence-corrected chi connectivity index (χ3v) is 3.21. The molecule has 0 aliphatic carbocycles. The smallest absolute Gasteiger partial charge is 0.338 e. The highest BCUT2D eigenvalue weighted by Gasteiger charge is 2.14. The minimum Gasteiger partial charge on any atom is -0.462 e. The van der Waals surface area contributed by atoms with Gasteiger partial charge in [0.25, 0.3) is 0 Å². The van der Waals surface area contributed by atoms with E-state index >= 15 is 0 Å². The molecule has 0 bridgehead atoms. The van der Waals surface area contributed by atoms with Crippen molar-refractivity contribution in [2.45, 2.75) is 33.1 Å². The van der Waals surface area contributed by atoms with E-state index in [9.17, 15) is 4.79 Å². The van der Waals surface area contributed by atoms with Crippen molar-refractivity contribution >= 4 is 11.7 Å². The fourth-order valence-corrected chi connectivity index (χ4v) is 2.17. The van der Waals surface area contributed by atoms with Gasteiger partial charge in [-0.3, -0.25) is 0 Å². The number of nitrogens with one attached hydrogen (secondary N) is 1. The molecule has 3 nitrogen and oxygen atoms in total. The first kappa shape index (κ1) is 12.9. The maximum atomic E-state index is 11.8. The first-order chi connectivity index (χ1) is 8.66. The Kier molecular flexibility index (Phi) is 4.24. The van der Waals surface area contributed by atoms with Crippen LogP contribution < -0.4 is 5.32 Å². The van der Waals surface area contributed by atoms with Crippen LogP contribution in [0.2, 0.25) is 0 Å². The lowest BCUT2D eigenvalue weighted by Gasteiger charge is -2.07. The molecule has 1 aliphatic heterocycles. The van der Waals surface area contributed by atoms with E-state index in [-0.39, 0.29) is 5.97 Å². The van der Waals surface area contributed by atoms with E-state index in [1.165, 1.54) is 5.56 Å². The summed E-state index contributed by atoms with van der Waals surface area (Å²) >= 11 is 0. The number of hydrogen-bond acceptors (Lipinski definition) is 3. The maximum absolute atomic E-state index is 11.8. The van der Waals surface area contributed by atoms with E-state index in [1.54, 1.807) is 0 Å². The van der Waals surface area contributed by atoms with Crippen LogP contribution in [-0.4, -0.2) is 19.1 Å². The van der Waals surface area contributed by atoms with Crippen LogP contribution in [0.4, 0.5) is 5.69 Å². The SMILES string of the molecule is CC(C)CCCOC(=O)c1ccc2c(c1)CCN2. The standard InChI is InChI=1S/C15H21NO2/c1-11(2)4-3-9-18-15(17)13-5-6-14-12(10-13)7-8-16-14/h5-6,10-11,16H,3-4,7-9H2,1-2H3. The van der Waals surface area contributed by atoms with Crippen molar-refractivity contribution in [2.75, 3.05) is 18.5 Å². The molecule has 0 amide bonds. The molecule has 0 atom stereocenters. The Morgan fingerprint density at radius 1 is 1.44 bits per heavy atom. The van der Waals surface area contributed by atoms with E-state index in [1.807, 2.05) is 18.2 Å². The van der Waals surface area contributed by atoms with Crippen molar-refractivity contribution in [1.82, 2.24) is 0 Å². The van der Waals surface area contributed by atoms with Crippen molar-refractivity contribution in [3.05, 3.63) is 29.3 Å². The van der Waals surface area contributed by atoms with Crippen molar-refractivity contribution in [1.29, 1.82) is 0 Å². The van der Waals surface area contributed by atoms with Gasteiger partial charge < -0.3 is 10.1 Å². The van der Waals surface area contributed by atoms with Gasteiger partial charge in [-0.1, -0.05) is 13.8 Å². The summed E-state index contributed by atoms with van der Waals surface area (Å²) in [5.74, 6) is 0.461. The number of ether oxygens (including phenoxy) is 1. The Bertz CT molecular complexity index is 427. The molecule has 3 heteroatoms. The zero-order chi connectivity index (χ0) is 13.0. The zero-order valence-corrected chi connectivity index (χ0v) is 11.2. The predicted molar refractivity (Wildman–Crippen MR) is 73.0 cm³/mol. The number of fused-ring (bicyclic) bond motifs is 1. The van der Waals surface area contributed by atoms with Gasteiger partial charge in [-0.15, -0.1) is 0 Å². The Morgan fingerprint density at radius 3 is 3.06 bits per heavy atom. The predicted octanol–water partition coefficient (Wildman–Crippen LogP) is 3.25. The average molecular weight is 247 g/mol. The van der Waals surface area contributed by atoms with Gasteiger partial charge in [-0.05, 0) is 48.9 Å². The third-order valence-electron chi connectivity index (χ3n) is 3.21. The van der Waals surface area contributed by atoms with Crippen LogP contribution in [0, 0.1) is 5.92 Å². The molecular formula is C15H21NO2. The molecule has 0 fully saturated rings. The topological polar surface area (TPSA) is 38.3 Å². The lowest BCUT2D eigenvalue weighted by molar-refractivity contribution is 0.0494. The van der Waals surface area contributed by atoms with Crippen molar-refractivity contribution < 1.29 is 9.53 Å². The number of carbonyl (C=O) groups is 1. The summed E-state index contributed by atoms with van der Waals surface area (Å²) in [6, 6.07) is 5.75. The second kappa shape index (κ2) is 5.89. The summed E-state index contributed by atoms with van der Waals surface area (Å²) < 4.78 is 5.28. The molecule has 1 heterocycles. The van der Waals surface area contributed by atoms with E-state index < -0.39 is 0 Å². The van der Waals surface area contributed by atoms with E-state index in [2.05, 4.69) is 19.2 Å². The van der Waals surface area contributed by atoms with Crippen molar-refractivity contribution in [2.24, 2.45) is 5.92 Å². The molecule has 18 heavy (non-hydrogen) atoms. The highest BCUT2D eigenvalue weighted by Crippen LogP contribution is 2.23. The van der Waals surface area contributed by atoms with Gasteiger partial charge in [0.05, 0.1) is 12.2 Å². The minimum absolute atomic E-state index is 0.201. The largest absolute Gasteiger partial charge is 0.462 e. The molecule has 1 aromatic carbocycles. The highest BCUT2D eigenvalue weighted by atomic mass is 16.5. The minimum atomic E-state index is -0.201. The first-order valence-electron chi connectivity index (χ1n) is 6.71. The van der Waals surface area contributed by atoms with Crippen LogP contribution in [0.15, 0.2) is 18.2 Å². The molecular weight excluding hydrogens is 226 g/mol. The summed E-state index contributed by atoms with van der Waals surface area (Å²) in [4.78, 5) is 11.8. The average Bonchev–Trinajstić information content (AvgIpc) is 2.81. The normalized spacial score (nSPS) is 13.3. The van der Waals surface area contributed by atoms with Gasteiger partial charge in [0.15, 0.2) is 0 Å². The van der Waals surface area contributed by atoms with Crippen molar-refractivity contribution in [3.63, 3.8) is 0 Å². The lowest BCUT2D eigenvalue weighted by atomic mass is 10.1. The number of rotatable bonds is 5. The number of hydrogen-bond donors (Lipinski definition) is 1. The zero-order valence-electron chi connectivity index (χ0n) is 11.2. The molecule has 1 aliphatic rings. The molecule has 1 N–H and O–H groups in total. The molecule has 0 saturated carbocycles. The van der Waals surface area contributed by atoms with Crippen LogP contribution in [0.5, 0.6) is 0 Å². The summed E-state index contributed by atoms with van der Waals surface area (Å²) in [5.41, 5.74) is 3.03. The second-order valence-electron chi connectivity index (χ2n) is 5.22. The van der Waals surface area contributed by atoms with Crippen LogP contribution >= 0.6 is 0 Å². The molecule has 2 rings (SSSR count). The van der Waals surface area contributed by atoms with Crippen LogP contribution in [0.25, 0.3) is 0 Å². The number of anilines is 1. The molecule has 0 spiro atoms. The number of esters is 1. The Morgan fingerprint density at radius 2 is 2.28 bits per heavy atom. The van der Waals surface area contributed by atoms with Crippen molar-refractivity contribution in [3.8, 4) is 0 Å². The number of carbonyl (C=O) groups excluding carboxylic acids is 1. The van der Waals surface area contributed by atoms with Gasteiger partial charge in [-0.2, -0.15) is 0 Å². The second-order valence-corrected chi connectivity index (χ2v) is 5.22. The van der Waals surface area contributed by atoms with E-state index in [0.29, 0.717) is 18.1 Å². The Labute approximate surface area is 109 Å². The summed E-state index contributed by atoms with van der Waals surface area (Å²) in [5, 5.41) is 3.28. The highest BCUT2D eigenvalue weighted by molar-refractivity contribution is 5.90. The summed E-state index contributed by atoms with van der Waals surface area (Å²) in [6.45, 7) is 5.83. The fourth-order valence-electron chi connectivity index (χ4n) is 2.17. The molecule has 0 unspecified atom stereocenters. The Balaban J connectivity index is 1.85. The van der Waals surface area contributed by atoms with Gasteiger partial charge >= 0.3 is 5.97 Å². The Hall–Kier alpha value is -1.51. The van der Waals surface area contributed by atoms with Crippen LogP contribution in [-0.2, 0) is 11.2 Å². The molecule has 0 aromatic heterocycles. The quantitative estimate of drug-likeness (QED) is 0.641. The maximum Gasteiger partial charge on any atom is 0.338 e. The summed E-state index contributed by atoms with van der Waals surface area (Å²) in [7, 11) is 0.